The van der Waals surface area contributed by atoms with Gasteiger partial charge in [-0.1, -0.05) is 6.92 Å². The highest BCUT2D eigenvalue weighted by Crippen LogP contribution is 2.19. The molecular weight excluding hydrogens is 460 g/mol. The number of guanidine groups is 1. The largest absolute Gasteiger partial charge is 0.361 e. The van der Waals surface area contributed by atoms with Crippen molar-refractivity contribution in [1.29, 1.82) is 0 Å². The van der Waals surface area contributed by atoms with Crippen molar-refractivity contribution in [2.24, 2.45) is 4.99 Å². The van der Waals surface area contributed by atoms with E-state index >= 15 is 0 Å². The van der Waals surface area contributed by atoms with Crippen molar-refractivity contribution in [3.05, 3.63) is 35.8 Å². The Morgan fingerprint density at radius 1 is 1.44 bits per heavy atom. The van der Waals surface area contributed by atoms with Crippen molar-refractivity contribution >= 4 is 46.7 Å². The third-order valence-corrected chi connectivity index (χ3v) is 4.82. The maximum atomic E-state index is 13.5. The monoisotopic (exact) mass is 487 g/mol. The topological polar surface area (TPSA) is 72.5 Å². The van der Waals surface area contributed by atoms with Gasteiger partial charge in [-0.15, -0.1) is 24.0 Å². The van der Waals surface area contributed by atoms with Crippen LogP contribution in [0.1, 0.15) is 25.3 Å². The number of aliphatic imine (C=N–C) groups is 1. The number of hydrogen-bond acceptors (Lipinski definition) is 2. The summed E-state index contributed by atoms with van der Waals surface area (Å²) in [6.07, 6.45) is 4.15. The van der Waals surface area contributed by atoms with Crippen molar-refractivity contribution < 1.29 is 9.18 Å². The Hall–Kier alpha value is -1.84. The fourth-order valence-corrected chi connectivity index (χ4v) is 3.39. The van der Waals surface area contributed by atoms with E-state index in [1.54, 1.807) is 19.2 Å². The molecule has 1 aromatic carbocycles. The third-order valence-electron chi connectivity index (χ3n) is 4.82. The molecule has 1 aliphatic rings. The van der Waals surface area contributed by atoms with Gasteiger partial charge in [-0.3, -0.25) is 9.79 Å². The number of carbonyl (C=O) groups is 1. The second-order valence-corrected chi connectivity index (χ2v) is 6.58. The number of nitrogens with zero attached hydrogens (tertiary/aromatic N) is 2. The first kappa shape index (κ1) is 21.5. The molecule has 2 heterocycles. The van der Waals surface area contributed by atoms with Gasteiger partial charge >= 0.3 is 0 Å². The van der Waals surface area contributed by atoms with E-state index in [-0.39, 0.29) is 41.7 Å². The number of rotatable bonds is 5. The molecule has 1 aliphatic heterocycles. The minimum Gasteiger partial charge on any atom is -0.361 e. The lowest BCUT2D eigenvalue weighted by atomic mass is 10.1. The molecule has 3 rings (SSSR count). The quantitative estimate of drug-likeness (QED) is 0.345. The zero-order valence-corrected chi connectivity index (χ0v) is 18.0. The van der Waals surface area contributed by atoms with Gasteiger partial charge < -0.3 is 20.5 Å². The summed E-state index contributed by atoms with van der Waals surface area (Å²) in [5.74, 6) is 0.701. The van der Waals surface area contributed by atoms with E-state index in [1.165, 1.54) is 6.07 Å². The predicted octanol–water partition coefficient (Wildman–Crippen LogP) is 2.64. The Morgan fingerprint density at radius 3 is 3.00 bits per heavy atom. The number of halogens is 2. The summed E-state index contributed by atoms with van der Waals surface area (Å²) in [5.41, 5.74) is 2.01. The van der Waals surface area contributed by atoms with Crippen LogP contribution in [0.3, 0.4) is 0 Å². The van der Waals surface area contributed by atoms with Crippen molar-refractivity contribution in [2.75, 3.05) is 26.7 Å². The molecule has 6 nitrogen and oxygen atoms in total. The summed E-state index contributed by atoms with van der Waals surface area (Å²) in [6.45, 7) is 4.09. The lowest BCUT2D eigenvalue weighted by molar-refractivity contribution is -0.129. The minimum atomic E-state index is -0.226. The van der Waals surface area contributed by atoms with Crippen LogP contribution < -0.4 is 10.6 Å². The van der Waals surface area contributed by atoms with E-state index in [1.807, 2.05) is 18.0 Å². The summed E-state index contributed by atoms with van der Waals surface area (Å²) >= 11 is 0. The number of benzene rings is 1. The molecule has 8 heteroatoms. The summed E-state index contributed by atoms with van der Waals surface area (Å²) < 4.78 is 13.5. The highest BCUT2D eigenvalue weighted by atomic mass is 127. The number of aromatic nitrogens is 1. The normalized spacial score (nSPS) is 17.1. The van der Waals surface area contributed by atoms with Crippen molar-refractivity contribution in [3.8, 4) is 0 Å². The van der Waals surface area contributed by atoms with E-state index in [2.05, 4.69) is 20.6 Å². The highest BCUT2D eigenvalue weighted by molar-refractivity contribution is 14.0. The number of amides is 1. The number of carbonyl (C=O) groups excluding carboxylic acids is 1. The molecule has 0 bridgehead atoms. The molecule has 1 aromatic heterocycles. The average Bonchev–Trinajstić information content (AvgIpc) is 3.27. The number of hydrogen-bond donors (Lipinski definition) is 3. The van der Waals surface area contributed by atoms with Crippen molar-refractivity contribution in [3.63, 3.8) is 0 Å². The first-order valence-corrected chi connectivity index (χ1v) is 9.11. The molecule has 148 valence electrons. The van der Waals surface area contributed by atoms with Gasteiger partial charge in [0, 0.05) is 56.2 Å². The minimum absolute atomic E-state index is 0. The molecule has 27 heavy (non-hydrogen) atoms. The zero-order valence-electron chi connectivity index (χ0n) is 15.7. The number of likely N-dealkylation sites (tertiary alicyclic amines) is 1. The van der Waals surface area contributed by atoms with Crippen LogP contribution in [0.5, 0.6) is 0 Å². The van der Waals surface area contributed by atoms with E-state index in [0.29, 0.717) is 13.0 Å². The second-order valence-electron chi connectivity index (χ2n) is 6.58. The van der Waals surface area contributed by atoms with Gasteiger partial charge in [-0.05, 0) is 36.6 Å². The molecule has 0 radical (unpaired) electrons. The summed E-state index contributed by atoms with van der Waals surface area (Å²) in [4.78, 5) is 21.1. The number of nitrogens with one attached hydrogen (secondary N) is 3. The van der Waals surface area contributed by atoms with Crippen LogP contribution in [0.15, 0.2) is 29.4 Å². The fraction of sp³-hybridized carbons (Fsp3) is 0.474. The van der Waals surface area contributed by atoms with Gasteiger partial charge in [-0.25, -0.2) is 4.39 Å². The number of H-pyrrole nitrogens is 1. The predicted molar refractivity (Wildman–Crippen MR) is 117 cm³/mol. The van der Waals surface area contributed by atoms with E-state index in [9.17, 15) is 9.18 Å². The molecule has 1 amide bonds. The lowest BCUT2D eigenvalue weighted by Crippen LogP contribution is -2.45. The Bertz CT molecular complexity index is 806. The Labute approximate surface area is 176 Å². The first-order valence-electron chi connectivity index (χ1n) is 9.11. The molecule has 1 unspecified atom stereocenters. The number of aromatic amines is 1. The van der Waals surface area contributed by atoms with E-state index in [4.69, 9.17) is 0 Å². The van der Waals surface area contributed by atoms with Gasteiger partial charge in [-0.2, -0.15) is 0 Å². The average molecular weight is 487 g/mol. The molecule has 0 spiro atoms. The highest BCUT2D eigenvalue weighted by Gasteiger charge is 2.25. The van der Waals surface area contributed by atoms with E-state index < -0.39 is 0 Å². The van der Waals surface area contributed by atoms with Gasteiger partial charge in [0.2, 0.25) is 5.91 Å². The van der Waals surface area contributed by atoms with Crippen LogP contribution in [0.4, 0.5) is 4.39 Å². The van der Waals surface area contributed by atoms with E-state index in [0.717, 1.165) is 48.4 Å². The fourth-order valence-electron chi connectivity index (χ4n) is 3.39. The van der Waals surface area contributed by atoms with Gasteiger partial charge in [0.1, 0.15) is 5.82 Å². The van der Waals surface area contributed by atoms with Crippen molar-refractivity contribution in [2.45, 2.75) is 32.2 Å². The van der Waals surface area contributed by atoms with Crippen LogP contribution in [0, 0.1) is 5.82 Å². The number of fused-ring (bicyclic) bond motifs is 1. The summed E-state index contributed by atoms with van der Waals surface area (Å²) in [7, 11) is 1.74. The van der Waals surface area contributed by atoms with Gasteiger partial charge in [0.15, 0.2) is 5.96 Å². The molecule has 0 saturated carbocycles. The first-order chi connectivity index (χ1) is 12.6. The second kappa shape index (κ2) is 9.91. The molecule has 1 atom stereocenters. The van der Waals surface area contributed by atoms with Crippen LogP contribution in [0.2, 0.25) is 0 Å². The van der Waals surface area contributed by atoms with Crippen LogP contribution in [0.25, 0.3) is 10.9 Å². The van der Waals surface area contributed by atoms with Crippen molar-refractivity contribution in [1.82, 2.24) is 20.5 Å². The van der Waals surface area contributed by atoms with Gasteiger partial charge in [0.05, 0.1) is 0 Å². The Balaban J connectivity index is 0.00000261. The molecule has 0 aliphatic carbocycles. The maximum Gasteiger partial charge on any atom is 0.222 e. The molecule has 1 fully saturated rings. The lowest BCUT2D eigenvalue weighted by Gasteiger charge is -2.18. The Kier molecular flexibility index (Phi) is 7.88. The smallest absolute Gasteiger partial charge is 0.222 e. The third kappa shape index (κ3) is 5.33. The zero-order chi connectivity index (χ0) is 18.5. The SMILES string of the molecule is CCC(=O)N1CCC(NC(=NC)NCCc2c[nH]c3ccc(F)cc23)C1.I. The maximum absolute atomic E-state index is 13.5. The summed E-state index contributed by atoms with van der Waals surface area (Å²) in [5, 5.41) is 7.59. The van der Waals surface area contributed by atoms with Crippen LogP contribution >= 0.6 is 24.0 Å². The summed E-state index contributed by atoms with van der Waals surface area (Å²) in [6, 6.07) is 5.00. The Morgan fingerprint density at radius 2 is 2.26 bits per heavy atom. The molecular formula is C19H27FIN5O. The van der Waals surface area contributed by atoms with Gasteiger partial charge in [0.25, 0.3) is 0 Å². The standard InChI is InChI=1S/C19H26FN5O.HI/c1-3-18(26)25-9-7-15(12-25)24-19(21-2)22-8-6-13-11-23-17-5-4-14(20)10-16(13)17;/h4-5,10-11,15,23H,3,6-9,12H2,1-2H3,(H2,21,22,24);1H. The molecule has 2 aromatic rings. The molecule has 1 saturated heterocycles. The van der Waals surface area contributed by atoms with Crippen LogP contribution in [-0.4, -0.2) is 54.5 Å². The molecule has 3 N–H and O–H groups in total. The van der Waals surface area contributed by atoms with Crippen LogP contribution in [-0.2, 0) is 11.2 Å².